The van der Waals surface area contributed by atoms with Crippen LogP contribution in [-0.4, -0.2) is 24.2 Å². The van der Waals surface area contributed by atoms with Crippen LogP contribution in [0.3, 0.4) is 0 Å². The normalized spacial score (nSPS) is 11.2. The van der Waals surface area contributed by atoms with Gasteiger partial charge >= 0.3 is 0 Å². The van der Waals surface area contributed by atoms with E-state index in [1.807, 2.05) is 38.1 Å². The van der Waals surface area contributed by atoms with Crippen LogP contribution in [0.2, 0.25) is 0 Å². The lowest BCUT2D eigenvalue weighted by Crippen LogP contribution is -2.27. The summed E-state index contributed by atoms with van der Waals surface area (Å²) in [7, 11) is 0. The molecule has 0 aliphatic heterocycles. The standard InChI is InChI=1S/C15H16N4O2S2/c1-10-3-5-12(22-10)8-16-18-14(20)7-15(21)19-17-9-13-6-4-11(2)23-13/h3-6,8-9H,7H2,1-2H3,(H,18,20)(H,19,21). The summed E-state index contributed by atoms with van der Waals surface area (Å²) in [5, 5.41) is 7.62. The molecule has 0 radical (unpaired) electrons. The lowest BCUT2D eigenvalue weighted by molar-refractivity contribution is -0.129. The van der Waals surface area contributed by atoms with Crippen molar-refractivity contribution in [3.63, 3.8) is 0 Å². The zero-order valence-electron chi connectivity index (χ0n) is 12.7. The number of carbonyl (C=O) groups is 2. The molecule has 2 N–H and O–H groups in total. The van der Waals surface area contributed by atoms with Gasteiger partial charge in [-0.15, -0.1) is 22.7 Å². The molecular formula is C15H16N4O2S2. The highest BCUT2D eigenvalue weighted by molar-refractivity contribution is 7.13. The maximum atomic E-state index is 11.6. The van der Waals surface area contributed by atoms with Crippen LogP contribution in [0, 0.1) is 13.8 Å². The second-order valence-corrected chi connectivity index (χ2v) is 7.30. The van der Waals surface area contributed by atoms with Crippen molar-refractivity contribution in [2.45, 2.75) is 20.3 Å². The third kappa shape index (κ3) is 6.13. The summed E-state index contributed by atoms with van der Waals surface area (Å²) >= 11 is 3.13. The number of amides is 2. The van der Waals surface area contributed by atoms with Crippen LogP contribution in [0.4, 0.5) is 0 Å². The van der Waals surface area contributed by atoms with Gasteiger partial charge in [-0.3, -0.25) is 9.59 Å². The Bertz CT molecular complexity index is 684. The maximum Gasteiger partial charge on any atom is 0.249 e. The van der Waals surface area contributed by atoms with Crippen molar-refractivity contribution >= 4 is 46.9 Å². The number of hydrogen-bond acceptors (Lipinski definition) is 6. The Labute approximate surface area is 141 Å². The maximum absolute atomic E-state index is 11.6. The van der Waals surface area contributed by atoms with Crippen molar-refractivity contribution < 1.29 is 9.59 Å². The molecule has 23 heavy (non-hydrogen) atoms. The van der Waals surface area contributed by atoms with Crippen molar-refractivity contribution in [3.8, 4) is 0 Å². The molecule has 8 heteroatoms. The molecule has 0 aliphatic carbocycles. The van der Waals surface area contributed by atoms with Crippen LogP contribution < -0.4 is 10.9 Å². The lowest BCUT2D eigenvalue weighted by Gasteiger charge is -1.98. The van der Waals surface area contributed by atoms with E-state index in [1.54, 1.807) is 35.1 Å². The van der Waals surface area contributed by atoms with E-state index in [9.17, 15) is 9.59 Å². The van der Waals surface area contributed by atoms with Crippen molar-refractivity contribution in [1.29, 1.82) is 0 Å². The molecule has 2 rings (SSSR count). The number of thiophene rings is 2. The summed E-state index contributed by atoms with van der Waals surface area (Å²) in [6.07, 6.45) is 2.76. The fourth-order valence-corrected chi connectivity index (χ4v) is 3.10. The van der Waals surface area contributed by atoms with Crippen molar-refractivity contribution in [2.75, 3.05) is 0 Å². The Hall–Kier alpha value is -2.32. The smallest absolute Gasteiger partial charge is 0.249 e. The molecule has 0 atom stereocenters. The van der Waals surface area contributed by atoms with Gasteiger partial charge in [0, 0.05) is 19.5 Å². The van der Waals surface area contributed by atoms with E-state index >= 15 is 0 Å². The van der Waals surface area contributed by atoms with Crippen LogP contribution >= 0.6 is 22.7 Å². The van der Waals surface area contributed by atoms with Gasteiger partial charge in [-0.25, -0.2) is 10.9 Å². The zero-order valence-corrected chi connectivity index (χ0v) is 14.3. The summed E-state index contributed by atoms with van der Waals surface area (Å²) in [6.45, 7) is 3.98. The van der Waals surface area contributed by atoms with E-state index < -0.39 is 11.8 Å². The number of rotatable bonds is 6. The number of hydrazone groups is 2. The first-order valence-corrected chi connectivity index (χ1v) is 8.43. The lowest BCUT2D eigenvalue weighted by atomic mass is 10.4. The minimum absolute atomic E-state index is 0.332. The van der Waals surface area contributed by atoms with Crippen molar-refractivity contribution in [1.82, 2.24) is 10.9 Å². The Morgan fingerprint density at radius 1 is 0.913 bits per heavy atom. The summed E-state index contributed by atoms with van der Waals surface area (Å²) in [5.74, 6) is -0.983. The SMILES string of the molecule is Cc1ccc(C=NNC(=O)CC(=O)NN=Cc2ccc(C)s2)s1. The summed E-state index contributed by atoms with van der Waals surface area (Å²) in [5.41, 5.74) is 4.62. The van der Waals surface area contributed by atoms with Crippen LogP contribution in [0.15, 0.2) is 34.5 Å². The molecule has 120 valence electrons. The Morgan fingerprint density at radius 2 is 1.35 bits per heavy atom. The number of hydrogen-bond donors (Lipinski definition) is 2. The van der Waals surface area contributed by atoms with Gasteiger partial charge in [0.1, 0.15) is 6.42 Å². The predicted molar refractivity (Wildman–Crippen MR) is 94.2 cm³/mol. The quantitative estimate of drug-likeness (QED) is 0.477. The largest absolute Gasteiger partial charge is 0.273 e. The Balaban J connectivity index is 1.71. The molecule has 2 aromatic rings. The molecule has 6 nitrogen and oxygen atoms in total. The monoisotopic (exact) mass is 348 g/mol. The molecule has 0 unspecified atom stereocenters. The molecule has 2 amide bonds. The fourth-order valence-electron chi connectivity index (χ4n) is 1.61. The van der Waals surface area contributed by atoms with Gasteiger partial charge in [-0.1, -0.05) is 0 Å². The molecule has 0 bridgehead atoms. The predicted octanol–water partition coefficient (Wildman–Crippen LogP) is 2.42. The van der Waals surface area contributed by atoms with E-state index in [-0.39, 0.29) is 6.42 Å². The average molecular weight is 348 g/mol. The molecule has 0 saturated carbocycles. The third-order valence-electron chi connectivity index (χ3n) is 2.61. The molecule has 0 aliphatic rings. The van der Waals surface area contributed by atoms with Crippen molar-refractivity contribution in [2.24, 2.45) is 10.2 Å². The third-order valence-corrected chi connectivity index (χ3v) is 4.48. The van der Waals surface area contributed by atoms with Gasteiger partial charge in [0.15, 0.2) is 0 Å². The highest BCUT2D eigenvalue weighted by Crippen LogP contribution is 2.12. The van der Waals surface area contributed by atoms with Gasteiger partial charge in [-0.05, 0) is 38.1 Å². The molecular weight excluding hydrogens is 332 g/mol. The molecule has 0 spiro atoms. The van der Waals surface area contributed by atoms with Crippen molar-refractivity contribution in [3.05, 3.63) is 43.8 Å². The first-order valence-electron chi connectivity index (χ1n) is 6.79. The molecule has 0 aromatic carbocycles. The van der Waals surface area contributed by atoms with Crippen LogP contribution in [-0.2, 0) is 9.59 Å². The first kappa shape index (κ1) is 17.0. The molecule has 0 saturated heterocycles. The molecule has 2 aromatic heterocycles. The highest BCUT2D eigenvalue weighted by atomic mass is 32.1. The van der Waals surface area contributed by atoms with E-state index in [2.05, 4.69) is 21.1 Å². The Kier molecular flexibility index (Phi) is 6.19. The molecule has 2 heterocycles. The van der Waals surface area contributed by atoms with Gasteiger partial charge < -0.3 is 0 Å². The second-order valence-electron chi connectivity index (χ2n) is 4.66. The van der Waals surface area contributed by atoms with Crippen LogP contribution in [0.5, 0.6) is 0 Å². The fraction of sp³-hybridized carbons (Fsp3) is 0.200. The van der Waals surface area contributed by atoms with Gasteiger partial charge in [0.2, 0.25) is 11.8 Å². The topological polar surface area (TPSA) is 82.9 Å². The number of nitrogens with one attached hydrogen (secondary N) is 2. The number of carbonyl (C=O) groups excluding carboxylic acids is 2. The summed E-state index contributed by atoms with van der Waals surface area (Å²) in [6, 6.07) is 7.75. The van der Waals surface area contributed by atoms with E-state index in [0.29, 0.717) is 0 Å². The first-order chi connectivity index (χ1) is 11.0. The van der Waals surface area contributed by atoms with E-state index in [0.717, 1.165) is 19.5 Å². The van der Waals surface area contributed by atoms with Gasteiger partial charge in [0.25, 0.3) is 0 Å². The summed E-state index contributed by atoms with van der Waals surface area (Å²) in [4.78, 5) is 27.3. The number of aryl methyl sites for hydroxylation is 2. The molecule has 0 fully saturated rings. The number of nitrogens with zero attached hydrogens (tertiary/aromatic N) is 2. The van der Waals surface area contributed by atoms with Crippen LogP contribution in [0.1, 0.15) is 25.9 Å². The summed E-state index contributed by atoms with van der Waals surface area (Å²) < 4.78 is 0. The van der Waals surface area contributed by atoms with Gasteiger partial charge in [0.05, 0.1) is 12.4 Å². The van der Waals surface area contributed by atoms with E-state index in [1.165, 1.54) is 0 Å². The average Bonchev–Trinajstić information content (AvgIpc) is 3.07. The minimum atomic E-state index is -0.491. The van der Waals surface area contributed by atoms with Gasteiger partial charge in [-0.2, -0.15) is 10.2 Å². The minimum Gasteiger partial charge on any atom is -0.273 e. The van der Waals surface area contributed by atoms with Crippen LogP contribution in [0.25, 0.3) is 0 Å². The Morgan fingerprint density at radius 3 is 1.70 bits per heavy atom. The van der Waals surface area contributed by atoms with E-state index in [4.69, 9.17) is 0 Å². The zero-order chi connectivity index (χ0) is 16.7. The highest BCUT2D eigenvalue weighted by Gasteiger charge is 2.07. The second kappa shape index (κ2) is 8.35.